The summed E-state index contributed by atoms with van der Waals surface area (Å²) in [5.41, 5.74) is 7.37. The van der Waals surface area contributed by atoms with E-state index in [4.69, 9.17) is 15.2 Å². The van der Waals surface area contributed by atoms with Gasteiger partial charge in [0.15, 0.2) is 12.6 Å². The summed E-state index contributed by atoms with van der Waals surface area (Å²) in [6.07, 6.45) is -0.855. The van der Waals surface area contributed by atoms with Crippen LogP contribution in [-0.2, 0) is 11.3 Å². The van der Waals surface area contributed by atoms with E-state index < -0.39 is 18.7 Å². The van der Waals surface area contributed by atoms with Gasteiger partial charge in [0.1, 0.15) is 24.7 Å². The van der Waals surface area contributed by atoms with Crippen molar-refractivity contribution in [3.8, 4) is 11.5 Å². The van der Waals surface area contributed by atoms with Gasteiger partial charge < -0.3 is 25.3 Å². The molecule has 2 aromatic carbocycles. The van der Waals surface area contributed by atoms with E-state index in [0.29, 0.717) is 30.4 Å². The quantitative estimate of drug-likeness (QED) is 0.459. The molecule has 2 aromatic rings. The second kappa shape index (κ2) is 11.6. The van der Waals surface area contributed by atoms with Crippen LogP contribution < -0.4 is 25.8 Å². The average molecular weight is 475 g/mol. The van der Waals surface area contributed by atoms with Gasteiger partial charge in [-0.15, -0.1) is 0 Å². The number of ether oxygens (including phenoxy) is 3. The van der Waals surface area contributed by atoms with Gasteiger partial charge in [-0.2, -0.15) is 18.2 Å². The van der Waals surface area contributed by atoms with Gasteiger partial charge in [-0.1, -0.05) is 18.2 Å². The molecule has 4 N–H and O–H groups in total. The van der Waals surface area contributed by atoms with Gasteiger partial charge >= 0.3 is 6.18 Å². The Morgan fingerprint density at radius 2 is 1.76 bits per heavy atom. The van der Waals surface area contributed by atoms with Crippen LogP contribution in [0.15, 0.2) is 83.1 Å². The highest BCUT2D eigenvalue weighted by Crippen LogP contribution is 2.19. The van der Waals surface area contributed by atoms with Gasteiger partial charge in [-0.25, -0.2) is 4.99 Å². The first-order valence-electron chi connectivity index (χ1n) is 10.2. The second-order valence-electron chi connectivity index (χ2n) is 6.97. The van der Waals surface area contributed by atoms with Crippen molar-refractivity contribution in [2.24, 2.45) is 15.7 Å². The molecule has 180 valence electrons. The number of rotatable bonds is 3. The topological polar surface area (TPSA) is 102 Å². The zero-order chi connectivity index (χ0) is 24.4. The molecule has 0 saturated carbocycles. The Morgan fingerprint density at radius 1 is 1.06 bits per heavy atom. The Hall–Kier alpha value is -4.15. The fraction of sp³-hybridized carbons (Fsp3) is 0.217. The Kier molecular flexibility index (Phi) is 8.38. The molecule has 0 aliphatic carbocycles. The van der Waals surface area contributed by atoms with Crippen molar-refractivity contribution in [3.63, 3.8) is 0 Å². The smallest absolute Gasteiger partial charge is 0.422 e. The van der Waals surface area contributed by atoms with Gasteiger partial charge in [-0.05, 0) is 48.6 Å². The predicted octanol–water partition coefficient (Wildman–Crippen LogP) is 3.94. The molecule has 0 spiro atoms. The number of nitrogens with zero attached hydrogens (tertiary/aromatic N) is 2. The average Bonchev–Trinajstić information content (AvgIpc) is 2.79. The maximum absolute atomic E-state index is 12.5. The molecule has 0 fully saturated rings. The van der Waals surface area contributed by atoms with Crippen molar-refractivity contribution in [2.75, 3.05) is 25.1 Å². The third-order valence-corrected chi connectivity index (χ3v) is 4.20. The highest BCUT2D eigenvalue weighted by molar-refractivity contribution is 6.05. The monoisotopic (exact) mass is 475 g/mol. The lowest BCUT2D eigenvalue weighted by Gasteiger charge is -2.14. The highest BCUT2D eigenvalue weighted by atomic mass is 19.4. The lowest BCUT2D eigenvalue weighted by atomic mass is 10.2. The molecule has 8 nitrogen and oxygen atoms in total. The molecule has 11 heteroatoms. The Morgan fingerprint density at radius 3 is 2.47 bits per heavy atom. The molecular formula is C23H24F3N5O3. The lowest BCUT2D eigenvalue weighted by Crippen LogP contribution is -2.41. The van der Waals surface area contributed by atoms with E-state index in [9.17, 15) is 13.2 Å². The zero-order valence-electron chi connectivity index (χ0n) is 18.1. The van der Waals surface area contributed by atoms with Gasteiger partial charge in [0, 0.05) is 11.8 Å². The largest absolute Gasteiger partial charge is 0.490 e. The van der Waals surface area contributed by atoms with Crippen LogP contribution in [0.4, 0.5) is 18.9 Å². The third kappa shape index (κ3) is 8.77. The second-order valence-corrected chi connectivity index (χ2v) is 6.97. The Balaban J connectivity index is 1.84. The van der Waals surface area contributed by atoms with E-state index >= 15 is 0 Å². The van der Waals surface area contributed by atoms with Crippen LogP contribution in [0.2, 0.25) is 0 Å². The van der Waals surface area contributed by atoms with E-state index in [1.54, 1.807) is 24.3 Å². The summed E-state index contributed by atoms with van der Waals surface area (Å²) < 4.78 is 53.3. The zero-order valence-corrected chi connectivity index (χ0v) is 18.1. The summed E-state index contributed by atoms with van der Waals surface area (Å²) in [4.78, 5) is 8.18. The normalized spacial score (nSPS) is 16.0. The molecule has 2 aliphatic rings. The van der Waals surface area contributed by atoms with Crippen molar-refractivity contribution in [1.29, 1.82) is 0 Å². The van der Waals surface area contributed by atoms with E-state index in [1.807, 2.05) is 36.4 Å². The minimum absolute atomic E-state index is 0.0234. The first-order valence-corrected chi connectivity index (χ1v) is 10.2. The van der Waals surface area contributed by atoms with Crippen molar-refractivity contribution in [3.05, 3.63) is 78.7 Å². The maximum Gasteiger partial charge on any atom is 0.422 e. The molecule has 0 atom stereocenters. The third-order valence-electron chi connectivity index (χ3n) is 4.20. The Labute approximate surface area is 194 Å². The summed E-state index contributed by atoms with van der Waals surface area (Å²) in [7, 11) is 0. The standard InChI is InChI=1S/C23H24F3N5O3/c1-16(34-15-23(24,25)26)29-22-30-18-5-4-6-20(13-18)33-12-3-2-11-32-19-9-7-17(8-10-19)14-28-21(27)31-22/h2-10,13H,1,11-12,14-15H2,(H4,27,28,29,30,31). The Bertz CT molecular complexity index is 1070. The minimum atomic E-state index is -4.53. The summed E-state index contributed by atoms with van der Waals surface area (Å²) in [5, 5.41) is 5.65. The predicted molar refractivity (Wildman–Crippen MR) is 124 cm³/mol. The van der Waals surface area contributed by atoms with Crippen molar-refractivity contribution >= 4 is 17.6 Å². The van der Waals surface area contributed by atoms with Gasteiger partial charge in [0.2, 0.25) is 11.8 Å². The number of hydrogen-bond donors (Lipinski definition) is 3. The van der Waals surface area contributed by atoms with Crippen LogP contribution >= 0.6 is 0 Å². The number of guanidine groups is 2. The molecule has 2 heterocycles. The number of nitrogens with one attached hydrogen (secondary N) is 2. The summed E-state index contributed by atoms with van der Waals surface area (Å²) in [5.74, 6) is 0.728. The van der Waals surface area contributed by atoms with Crippen LogP contribution in [0.1, 0.15) is 5.56 Å². The first kappa shape index (κ1) is 24.5. The molecule has 4 bridgehead atoms. The number of nitrogens with two attached hydrogens (primary N) is 1. The number of hydrogen-bond acceptors (Lipinski definition) is 6. The molecule has 34 heavy (non-hydrogen) atoms. The van der Waals surface area contributed by atoms with Crippen molar-refractivity contribution < 1.29 is 27.4 Å². The number of aliphatic imine (C=N–C) groups is 2. The van der Waals surface area contributed by atoms with Crippen LogP contribution in [0, 0.1) is 0 Å². The van der Waals surface area contributed by atoms with E-state index in [0.717, 1.165) is 5.56 Å². The number of halogens is 3. The van der Waals surface area contributed by atoms with Crippen LogP contribution in [0.25, 0.3) is 0 Å². The number of alkyl halides is 3. The molecule has 0 amide bonds. The highest BCUT2D eigenvalue weighted by Gasteiger charge is 2.28. The minimum Gasteiger partial charge on any atom is -0.490 e. The number of anilines is 1. The fourth-order valence-corrected chi connectivity index (χ4v) is 2.66. The molecule has 4 rings (SSSR count). The van der Waals surface area contributed by atoms with E-state index in [1.165, 1.54) is 0 Å². The van der Waals surface area contributed by atoms with Crippen LogP contribution in [-0.4, -0.2) is 37.9 Å². The fourth-order valence-electron chi connectivity index (χ4n) is 2.66. The van der Waals surface area contributed by atoms with Gasteiger partial charge in [-0.3, -0.25) is 5.32 Å². The number of benzene rings is 2. The molecule has 0 aromatic heterocycles. The van der Waals surface area contributed by atoms with E-state index in [-0.39, 0.29) is 18.5 Å². The molecule has 0 radical (unpaired) electrons. The van der Waals surface area contributed by atoms with Crippen molar-refractivity contribution in [2.45, 2.75) is 12.7 Å². The molecule has 0 unspecified atom stereocenters. The number of fused-ring (bicyclic) bond motifs is 10. The summed E-state index contributed by atoms with van der Waals surface area (Å²) in [6, 6.07) is 14.2. The van der Waals surface area contributed by atoms with Crippen LogP contribution in [0.3, 0.4) is 0 Å². The first-order chi connectivity index (χ1) is 16.3. The molecule has 0 saturated heterocycles. The van der Waals surface area contributed by atoms with Crippen molar-refractivity contribution in [1.82, 2.24) is 5.32 Å². The van der Waals surface area contributed by atoms with Gasteiger partial charge in [0.25, 0.3) is 0 Å². The maximum atomic E-state index is 12.5. The molecular weight excluding hydrogens is 451 g/mol. The SMILES string of the molecule is C=C(N=C1NC(N)=NCc2ccc(cc2)OCC=CCOc2cccc(c2)N1)OCC(F)(F)F. The summed E-state index contributed by atoms with van der Waals surface area (Å²) in [6.45, 7) is 2.83. The van der Waals surface area contributed by atoms with Gasteiger partial charge in [0.05, 0.1) is 6.54 Å². The summed E-state index contributed by atoms with van der Waals surface area (Å²) >= 11 is 0. The van der Waals surface area contributed by atoms with E-state index in [2.05, 4.69) is 31.9 Å². The lowest BCUT2D eigenvalue weighted by molar-refractivity contribution is -0.164. The molecule has 2 aliphatic heterocycles. The van der Waals surface area contributed by atoms with Crippen LogP contribution in [0.5, 0.6) is 11.5 Å².